The molecule has 17 heavy (non-hydrogen) atoms. The number of nitrogens with zero attached hydrogens (tertiary/aromatic N) is 4. The lowest BCUT2D eigenvalue weighted by atomic mass is 10.6. The third-order valence-electron chi connectivity index (χ3n) is 1.74. The van der Waals surface area contributed by atoms with Crippen LogP contribution in [0.3, 0.4) is 0 Å². The summed E-state index contributed by atoms with van der Waals surface area (Å²) in [5.41, 5.74) is 0. The van der Waals surface area contributed by atoms with E-state index in [-0.39, 0.29) is 11.8 Å². The predicted octanol–water partition coefficient (Wildman–Crippen LogP) is 1.18. The second-order valence-electron chi connectivity index (χ2n) is 3.00. The van der Waals surface area contributed by atoms with Crippen molar-refractivity contribution in [2.75, 3.05) is 5.32 Å². The van der Waals surface area contributed by atoms with E-state index in [0.717, 1.165) is 6.07 Å². The lowest BCUT2D eigenvalue weighted by Crippen LogP contribution is -2.17. The van der Waals surface area contributed by atoms with Gasteiger partial charge in [0, 0.05) is 13.1 Å². The highest BCUT2D eigenvalue weighted by Crippen LogP contribution is 2.24. The molecule has 0 aromatic carbocycles. The zero-order chi connectivity index (χ0) is 12.5. The van der Waals surface area contributed by atoms with E-state index < -0.39 is 12.2 Å². The average molecular weight is 248 g/mol. The van der Waals surface area contributed by atoms with Crippen LogP contribution in [0.15, 0.2) is 12.4 Å². The van der Waals surface area contributed by atoms with Crippen LogP contribution in [0.4, 0.5) is 24.9 Å². The first kappa shape index (κ1) is 11.2. The van der Waals surface area contributed by atoms with Gasteiger partial charge in [0.05, 0.1) is 0 Å². The highest BCUT2D eigenvalue weighted by molar-refractivity contribution is 5.49. The number of nitrogens with one attached hydrogen (secondary N) is 2. The molecule has 0 aliphatic carbocycles. The maximum absolute atomic E-state index is 11.9. The van der Waals surface area contributed by atoms with Gasteiger partial charge in [0.25, 0.3) is 0 Å². The van der Waals surface area contributed by atoms with Gasteiger partial charge in [-0.25, -0.2) is 9.78 Å². The highest BCUT2D eigenvalue weighted by atomic mass is 19.4. The second-order valence-corrected chi connectivity index (χ2v) is 3.00. The first-order chi connectivity index (χ1) is 7.94. The Labute approximate surface area is 92.6 Å². The molecule has 0 unspecified atom stereocenters. The smallest absolute Gasteiger partial charge is 0.386 e. The molecule has 0 radical (unpaired) electrons. The van der Waals surface area contributed by atoms with E-state index in [1.54, 1.807) is 0 Å². The molecule has 7 nitrogen and oxygen atoms in total. The Hall–Kier alpha value is -2.26. The Balaban J connectivity index is 2.14. The van der Waals surface area contributed by atoms with Crippen LogP contribution >= 0.6 is 0 Å². The van der Waals surface area contributed by atoms with E-state index in [1.165, 1.54) is 18.1 Å². The molecule has 0 atom stereocenters. The summed E-state index contributed by atoms with van der Waals surface area (Å²) in [5.74, 6) is 0.00886. The van der Waals surface area contributed by atoms with Crippen LogP contribution in [0, 0.1) is 0 Å². The molecule has 2 N–H and O–H groups in total. The molecule has 0 aliphatic heterocycles. The first-order valence-corrected chi connectivity index (χ1v) is 4.36. The molecule has 2 aromatic rings. The number of alkyl halides is 3. The molecule has 0 bridgehead atoms. The summed E-state index contributed by atoms with van der Waals surface area (Å²) in [6.07, 6.45) is -3.51. The van der Waals surface area contributed by atoms with Crippen LogP contribution in [0.25, 0.3) is 0 Å². The summed E-state index contributed by atoms with van der Waals surface area (Å²) < 4.78 is 40.7. The zero-order valence-electron chi connectivity index (χ0n) is 8.49. The topological polar surface area (TPSA) is 80.7 Å². The van der Waals surface area contributed by atoms with Gasteiger partial charge >= 0.3 is 6.36 Å². The number of halogens is 3. The molecule has 0 aliphatic rings. The fraction of sp³-hybridized carbons (Fsp3) is 0.286. The van der Waals surface area contributed by atoms with Gasteiger partial charge in [0.1, 0.15) is 12.1 Å². The molecule has 0 fully saturated rings. The van der Waals surface area contributed by atoms with Gasteiger partial charge in [0.15, 0.2) is 0 Å². The molecule has 0 saturated heterocycles. The molecular weight excluding hydrogens is 241 g/mol. The maximum Gasteiger partial charge on any atom is 0.574 e. The van der Waals surface area contributed by atoms with Gasteiger partial charge in [-0.3, -0.25) is 0 Å². The maximum atomic E-state index is 11.9. The Morgan fingerprint density at radius 1 is 1.47 bits per heavy atom. The third-order valence-corrected chi connectivity index (χ3v) is 1.74. The molecule has 0 saturated carbocycles. The van der Waals surface area contributed by atoms with Gasteiger partial charge in [0.2, 0.25) is 11.8 Å². The Morgan fingerprint density at radius 2 is 2.24 bits per heavy atom. The summed E-state index contributed by atoms with van der Waals surface area (Å²) in [4.78, 5) is 3.75. The lowest BCUT2D eigenvalue weighted by Gasteiger charge is -2.03. The number of aromatic nitrogens is 5. The van der Waals surface area contributed by atoms with Crippen LogP contribution in [0.1, 0.15) is 0 Å². The molecule has 2 heterocycles. The van der Waals surface area contributed by atoms with E-state index in [0.29, 0.717) is 0 Å². The van der Waals surface area contributed by atoms with Crippen molar-refractivity contribution >= 4 is 11.8 Å². The molecule has 2 rings (SSSR count). The number of aryl methyl sites for hydroxylation is 1. The van der Waals surface area contributed by atoms with Crippen LogP contribution in [0.5, 0.6) is 5.88 Å². The van der Waals surface area contributed by atoms with Crippen LogP contribution < -0.4 is 10.1 Å². The Morgan fingerprint density at radius 3 is 2.82 bits per heavy atom. The molecule has 0 spiro atoms. The number of ether oxygens (including phenoxy) is 1. The zero-order valence-corrected chi connectivity index (χ0v) is 8.49. The second kappa shape index (κ2) is 3.96. The highest BCUT2D eigenvalue weighted by Gasteiger charge is 2.32. The minimum absolute atomic E-state index is 0.279. The van der Waals surface area contributed by atoms with E-state index >= 15 is 0 Å². The van der Waals surface area contributed by atoms with Gasteiger partial charge in [-0.2, -0.15) is 10.1 Å². The number of anilines is 2. The fourth-order valence-electron chi connectivity index (χ4n) is 1.11. The number of aromatic amines is 1. The number of hydrogen-bond acceptors (Lipinski definition) is 5. The third kappa shape index (κ3) is 2.86. The molecule has 92 valence electrons. The number of hydrogen-bond donors (Lipinski definition) is 2. The number of H-pyrrole nitrogens is 1. The summed E-state index contributed by atoms with van der Waals surface area (Å²) in [5, 5.41) is 12.3. The summed E-state index contributed by atoms with van der Waals surface area (Å²) >= 11 is 0. The molecule has 2 aromatic heterocycles. The van der Waals surface area contributed by atoms with Gasteiger partial charge in [-0.15, -0.1) is 18.3 Å². The molecule has 10 heteroatoms. The predicted molar refractivity (Wildman–Crippen MR) is 49.6 cm³/mol. The van der Waals surface area contributed by atoms with Gasteiger partial charge < -0.3 is 10.1 Å². The van der Waals surface area contributed by atoms with Crippen LogP contribution in [-0.4, -0.2) is 31.3 Å². The van der Waals surface area contributed by atoms with Crippen molar-refractivity contribution in [1.82, 2.24) is 25.0 Å². The van der Waals surface area contributed by atoms with Crippen LogP contribution in [0.2, 0.25) is 0 Å². The van der Waals surface area contributed by atoms with Crippen molar-refractivity contribution < 1.29 is 17.9 Å². The van der Waals surface area contributed by atoms with Crippen molar-refractivity contribution in [1.29, 1.82) is 0 Å². The minimum Gasteiger partial charge on any atom is -0.386 e. The van der Waals surface area contributed by atoms with E-state index in [2.05, 4.69) is 30.3 Å². The van der Waals surface area contributed by atoms with E-state index in [9.17, 15) is 13.2 Å². The SMILES string of the molecule is Cn1nc(OC(F)(F)F)cc1Nc1ncn[nH]1. The van der Waals surface area contributed by atoms with Crippen molar-refractivity contribution in [2.45, 2.75) is 6.36 Å². The quantitative estimate of drug-likeness (QED) is 0.852. The summed E-state index contributed by atoms with van der Waals surface area (Å²) in [7, 11) is 1.46. The van der Waals surface area contributed by atoms with Gasteiger partial charge in [-0.05, 0) is 0 Å². The first-order valence-electron chi connectivity index (χ1n) is 4.36. The van der Waals surface area contributed by atoms with E-state index in [4.69, 9.17) is 0 Å². The van der Waals surface area contributed by atoms with E-state index in [1.807, 2.05) is 0 Å². The minimum atomic E-state index is -4.77. The Bertz CT molecular complexity index is 490. The van der Waals surface area contributed by atoms with Crippen molar-refractivity contribution in [3.05, 3.63) is 12.4 Å². The average Bonchev–Trinajstić information content (AvgIpc) is 2.75. The standard InChI is InChI=1S/C7H7F3N6O/c1-16-4(13-6-11-3-12-14-6)2-5(15-16)17-7(8,9)10/h2-3H,1H3,(H2,11,12,13,14). The molecule has 0 amide bonds. The normalized spacial score (nSPS) is 11.5. The van der Waals surface area contributed by atoms with Crippen molar-refractivity contribution in [2.24, 2.45) is 7.05 Å². The molecular formula is C7H7F3N6O. The fourth-order valence-corrected chi connectivity index (χ4v) is 1.11. The summed E-state index contributed by atoms with van der Waals surface area (Å²) in [6, 6.07) is 1.09. The van der Waals surface area contributed by atoms with Crippen molar-refractivity contribution in [3.63, 3.8) is 0 Å². The van der Waals surface area contributed by atoms with Crippen LogP contribution in [-0.2, 0) is 7.05 Å². The van der Waals surface area contributed by atoms with Gasteiger partial charge in [-0.1, -0.05) is 0 Å². The largest absolute Gasteiger partial charge is 0.574 e. The lowest BCUT2D eigenvalue weighted by molar-refractivity contribution is -0.276. The Kier molecular flexibility index (Phi) is 2.61. The number of rotatable bonds is 3. The van der Waals surface area contributed by atoms with Crippen molar-refractivity contribution in [3.8, 4) is 5.88 Å². The monoisotopic (exact) mass is 248 g/mol. The summed E-state index contributed by atoms with van der Waals surface area (Å²) in [6.45, 7) is 0.